The molecule has 130 valence electrons. The number of pyridine rings is 1. The van der Waals surface area contributed by atoms with E-state index in [0.717, 1.165) is 11.9 Å². The van der Waals surface area contributed by atoms with Gasteiger partial charge < -0.3 is 15.6 Å². The highest BCUT2D eigenvalue weighted by Crippen LogP contribution is 2.28. The third kappa shape index (κ3) is 3.29. The van der Waals surface area contributed by atoms with Crippen molar-refractivity contribution in [3.63, 3.8) is 0 Å². The molecule has 1 amide bonds. The van der Waals surface area contributed by atoms with Gasteiger partial charge in [0.25, 0.3) is 5.91 Å². The van der Waals surface area contributed by atoms with Gasteiger partial charge in [-0.25, -0.2) is 13.4 Å². The summed E-state index contributed by atoms with van der Waals surface area (Å²) in [6, 6.07) is 4.57. The zero-order valence-electron chi connectivity index (χ0n) is 16.3. The number of carbonyl (C=O) groups excluding carboxylic acids is 1. The first kappa shape index (κ1) is 13.3. The minimum atomic E-state index is -3.66. The first-order chi connectivity index (χ1) is 12.9. The van der Waals surface area contributed by atoms with Crippen molar-refractivity contribution in [3.8, 4) is 0 Å². The summed E-state index contributed by atoms with van der Waals surface area (Å²) in [5.74, 6) is -1.03. The van der Waals surface area contributed by atoms with Crippen LogP contribution in [0.15, 0.2) is 29.3 Å². The summed E-state index contributed by atoms with van der Waals surface area (Å²) < 4.78 is 45.9. The number of anilines is 2. The molecule has 3 aromatic rings. The van der Waals surface area contributed by atoms with Gasteiger partial charge in [0.2, 0.25) is 0 Å². The molecule has 25 heavy (non-hydrogen) atoms. The van der Waals surface area contributed by atoms with E-state index in [1.165, 1.54) is 18.3 Å². The smallest absolute Gasteiger partial charge is 0.273 e. The number of nitrogens with one attached hydrogen (secondary N) is 3. The Bertz CT molecular complexity index is 1170. The second-order valence-electron chi connectivity index (χ2n) is 5.37. The van der Waals surface area contributed by atoms with E-state index < -0.39 is 22.7 Å². The Morgan fingerprint density at radius 3 is 2.88 bits per heavy atom. The van der Waals surface area contributed by atoms with E-state index in [-0.39, 0.29) is 22.1 Å². The summed E-state index contributed by atoms with van der Waals surface area (Å²) in [6.45, 7) is -0.915. The molecule has 9 nitrogen and oxygen atoms in total. The van der Waals surface area contributed by atoms with Crippen LogP contribution in [0.25, 0.3) is 11.0 Å². The lowest BCUT2D eigenvalue weighted by molar-refractivity contribution is 0.0958. The number of aromatic amines is 1. The van der Waals surface area contributed by atoms with Crippen LogP contribution in [-0.4, -0.2) is 47.7 Å². The molecule has 0 aliphatic carbocycles. The van der Waals surface area contributed by atoms with Crippen LogP contribution in [0.3, 0.4) is 0 Å². The van der Waals surface area contributed by atoms with Crippen molar-refractivity contribution in [2.24, 2.45) is 0 Å². The Balaban J connectivity index is 2.09. The highest BCUT2D eigenvalue weighted by atomic mass is 32.2. The van der Waals surface area contributed by atoms with Crippen molar-refractivity contribution >= 4 is 38.3 Å². The molecule has 10 heteroatoms. The van der Waals surface area contributed by atoms with Crippen LogP contribution < -0.4 is 10.6 Å². The van der Waals surface area contributed by atoms with Gasteiger partial charge in [-0.15, -0.1) is 5.10 Å². The van der Waals surface area contributed by atoms with Crippen molar-refractivity contribution in [3.05, 3.63) is 35.8 Å². The number of carbonyl (C=O) groups is 1. The Hall–Kier alpha value is -3.01. The van der Waals surface area contributed by atoms with Crippen LogP contribution in [0.4, 0.5) is 11.5 Å². The van der Waals surface area contributed by atoms with Gasteiger partial charge >= 0.3 is 0 Å². The topological polar surface area (TPSA) is 130 Å². The van der Waals surface area contributed by atoms with Crippen molar-refractivity contribution in [1.29, 1.82) is 0 Å². The first-order valence-electron chi connectivity index (χ1n) is 8.56. The summed E-state index contributed by atoms with van der Waals surface area (Å²) in [7, 11) is -3.66. The van der Waals surface area contributed by atoms with Gasteiger partial charge in [0.15, 0.2) is 21.3 Å². The normalized spacial score (nSPS) is 13.8. The maximum Gasteiger partial charge on any atom is 0.273 e. The van der Waals surface area contributed by atoms with Gasteiger partial charge in [0.1, 0.15) is 10.5 Å². The number of hydrogen-bond donors (Lipinski definition) is 3. The average molecular weight is 363 g/mol. The molecule has 0 fully saturated rings. The van der Waals surface area contributed by atoms with Crippen LogP contribution in [0, 0.1) is 6.92 Å². The maximum atomic E-state index is 12.2. The monoisotopic (exact) mass is 363 g/mol. The minimum Gasteiger partial charge on any atom is -0.354 e. The standard InChI is InChI=1S/C15H16N6O3S/c1-8-6-9-7-11(25(3,23)24)14(20-13(9)18-8)19-10-4-5-17-21-12(10)15(22)16-2/h4-7H,1-3H3,(H,16,22)(H2,17,18,19,20)/i2D3. The SMILES string of the molecule is [2H]C([2H])([2H])NC(=O)c1nnccc1Nc1nc2[nH]c(C)cc2cc1S(C)(=O)=O. The minimum absolute atomic E-state index is 0.0345. The Labute approximate surface area is 148 Å². The van der Waals surface area contributed by atoms with Crippen LogP contribution in [0.2, 0.25) is 0 Å². The summed E-state index contributed by atoms with van der Waals surface area (Å²) in [5.41, 5.74) is 0.977. The zero-order valence-corrected chi connectivity index (χ0v) is 14.1. The number of aromatic nitrogens is 4. The van der Waals surface area contributed by atoms with Gasteiger partial charge in [-0.1, -0.05) is 0 Å². The fraction of sp³-hybridized carbons (Fsp3) is 0.200. The van der Waals surface area contributed by atoms with E-state index >= 15 is 0 Å². The van der Waals surface area contributed by atoms with E-state index in [0.29, 0.717) is 11.0 Å². The molecule has 3 aromatic heterocycles. The number of aryl methyl sites for hydroxylation is 1. The quantitative estimate of drug-likeness (QED) is 0.634. The van der Waals surface area contributed by atoms with E-state index in [4.69, 9.17) is 4.11 Å². The van der Waals surface area contributed by atoms with E-state index in [2.05, 4.69) is 25.5 Å². The fourth-order valence-corrected chi connectivity index (χ4v) is 3.12. The molecular formula is C15H16N6O3S. The molecule has 0 aliphatic heterocycles. The van der Waals surface area contributed by atoms with Crippen LogP contribution in [0.5, 0.6) is 0 Å². The number of amides is 1. The van der Waals surface area contributed by atoms with Crippen molar-refractivity contribution in [2.45, 2.75) is 11.8 Å². The predicted octanol–water partition coefficient (Wildman–Crippen LogP) is 1.17. The summed E-state index contributed by atoms with van der Waals surface area (Å²) in [5, 5.41) is 12.4. The van der Waals surface area contributed by atoms with Crippen molar-refractivity contribution < 1.29 is 17.3 Å². The van der Waals surface area contributed by atoms with Gasteiger partial charge in [-0.3, -0.25) is 4.79 Å². The van der Waals surface area contributed by atoms with E-state index in [1.54, 1.807) is 13.0 Å². The summed E-state index contributed by atoms with van der Waals surface area (Å²) >= 11 is 0. The molecule has 3 N–H and O–H groups in total. The van der Waals surface area contributed by atoms with Crippen molar-refractivity contribution in [1.82, 2.24) is 25.5 Å². The lowest BCUT2D eigenvalue weighted by Gasteiger charge is -2.12. The van der Waals surface area contributed by atoms with Crippen LogP contribution >= 0.6 is 0 Å². The molecule has 0 aliphatic rings. The highest BCUT2D eigenvalue weighted by Gasteiger charge is 2.20. The van der Waals surface area contributed by atoms with E-state index in [1.807, 2.05) is 5.32 Å². The van der Waals surface area contributed by atoms with Crippen LogP contribution in [0.1, 0.15) is 20.3 Å². The second kappa shape index (κ2) is 6.13. The van der Waals surface area contributed by atoms with Crippen LogP contribution in [-0.2, 0) is 9.84 Å². The number of rotatable bonds is 4. The predicted molar refractivity (Wildman–Crippen MR) is 92.6 cm³/mol. The maximum absolute atomic E-state index is 12.2. The average Bonchev–Trinajstić information content (AvgIpc) is 2.91. The number of sulfone groups is 1. The number of hydrogen-bond acceptors (Lipinski definition) is 7. The lowest BCUT2D eigenvalue weighted by atomic mass is 10.3. The molecule has 0 bridgehead atoms. The Morgan fingerprint density at radius 1 is 1.36 bits per heavy atom. The molecule has 0 spiro atoms. The molecule has 3 rings (SSSR count). The first-order valence-corrected chi connectivity index (χ1v) is 8.95. The molecule has 0 saturated carbocycles. The fourth-order valence-electron chi connectivity index (χ4n) is 2.33. The van der Waals surface area contributed by atoms with Crippen molar-refractivity contribution in [2.75, 3.05) is 18.5 Å². The molecule has 0 unspecified atom stereocenters. The highest BCUT2D eigenvalue weighted by molar-refractivity contribution is 7.90. The van der Waals surface area contributed by atoms with E-state index in [9.17, 15) is 13.2 Å². The van der Waals surface area contributed by atoms with Gasteiger partial charge in [-0.05, 0) is 25.1 Å². The number of H-pyrrole nitrogens is 1. The number of fused-ring (bicyclic) bond motifs is 1. The zero-order chi connectivity index (χ0) is 20.7. The molecule has 0 saturated heterocycles. The molecule has 3 heterocycles. The van der Waals surface area contributed by atoms with Gasteiger partial charge in [-0.2, -0.15) is 5.10 Å². The lowest BCUT2D eigenvalue weighted by Crippen LogP contribution is -2.21. The summed E-state index contributed by atoms with van der Waals surface area (Å²) in [4.78, 5) is 19.4. The molecular weight excluding hydrogens is 344 g/mol. The largest absolute Gasteiger partial charge is 0.354 e. The molecule has 0 radical (unpaired) electrons. The van der Waals surface area contributed by atoms with Gasteiger partial charge in [0, 0.05) is 28.4 Å². The molecule has 0 aromatic carbocycles. The Morgan fingerprint density at radius 2 is 2.16 bits per heavy atom. The summed E-state index contributed by atoms with van der Waals surface area (Å²) in [6.07, 6.45) is 2.31. The Kier molecular flexibility index (Phi) is 3.26. The second-order valence-corrected chi connectivity index (χ2v) is 7.35. The third-order valence-corrected chi connectivity index (χ3v) is 4.52. The number of nitrogens with zero attached hydrogens (tertiary/aromatic N) is 3. The van der Waals surface area contributed by atoms with Gasteiger partial charge in [0.05, 0.1) is 11.9 Å². The third-order valence-electron chi connectivity index (χ3n) is 3.41. The molecule has 0 atom stereocenters.